The third kappa shape index (κ3) is 3.37. The van der Waals surface area contributed by atoms with E-state index in [2.05, 4.69) is 0 Å². The molecule has 0 saturated heterocycles. The van der Waals surface area contributed by atoms with Crippen LogP contribution in [0.5, 0.6) is 0 Å². The summed E-state index contributed by atoms with van der Waals surface area (Å²) >= 11 is 0. The molecule has 0 heterocycles. The van der Waals surface area contributed by atoms with Gasteiger partial charge in [0, 0.05) is 40.7 Å². The molecule has 0 fully saturated rings. The second-order valence-corrected chi connectivity index (χ2v) is 3.39. The van der Waals surface area contributed by atoms with E-state index in [0.717, 1.165) is 0 Å². The third-order valence-corrected chi connectivity index (χ3v) is 2.28. The Morgan fingerprint density at radius 3 is 1.18 bits per heavy atom. The van der Waals surface area contributed by atoms with Crippen LogP contribution in [0.2, 0.25) is 0 Å². The maximum absolute atomic E-state index is 11.8. The molecule has 2 aromatic carbocycles. The fraction of sp³-hybridized carbons (Fsp3) is 0. The van der Waals surface area contributed by atoms with E-state index < -0.39 is 11.6 Å². The number of carbonyl (C=O) groups is 2. The van der Waals surface area contributed by atoms with Crippen LogP contribution in [0.25, 0.3) is 0 Å². The van der Waals surface area contributed by atoms with Crippen molar-refractivity contribution in [3.05, 3.63) is 71.8 Å². The number of hydrogen-bond acceptors (Lipinski definition) is 2. The van der Waals surface area contributed by atoms with Crippen LogP contribution in [-0.2, 0) is 0 Å². The van der Waals surface area contributed by atoms with Crippen molar-refractivity contribution in [2.75, 3.05) is 0 Å². The Morgan fingerprint density at radius 1 is 0.588 bits per heavy atom. The van der Waals surface area contributed by atoms with E-state index in [1.165, 1.54) is 0 Å². The van der Waals surface area contributed by atoms with Gasteiger partial charge in [0.2, 0.25) is 11.6 Å². The van der Waals surface area contributed by atoms with Crippen molar-refractivity contribution in [1.29, 1.82) is 0 Å². The van der Waals surface area contributed by atoms with Crippen LogP contribution >= 0.6 is 0 Å². The van der Waals surface area contributed by atoms with E-state index in [1.807, 2.05) is 12.1 Å². The number of Topliss-reactive ketones (excluding diaryl/α,β-unsaturated/α-hetero) is 2. The first-order chi connectivity index (χ1) is 7.79. The number of hydrogen-bond donors (Lipinski definition) is 0. The van der Waals surface area contributed by atoms with Gasteiger partial charge in [-0.3, -0.25) is 9.59 Å². The van der Waals surface area contributed by atoms with Crippen molar-refractivity contribution in [2.24, 2.45) is 0 Å². The van der Waals surface area contributed by atoms with Gasteiger partial charge in [-0.15, -0.1) is 0 Å². The Kier molecular flexibility index (Phi) is 5.29. The van der Waals surface area contributed by atoms with Gasteiger partial charge in [-0.05, 0) is 0 Å². The first-order valence-corrected chi connectivity index (χ1v) is 4.98. The molecule has 0 aliphatic rings. The van der Waals surface area contributed by atoms with Gasteiger partial charge >= 0.3 is 0 Å². The SMILES string of the molecule is O=C(C(=O)c1ccccc1)c1ccccc1.[Na]. The molecule has 17 heavy (non-hydrogen) atoms. The molecule has 0 aromatic heterocycles. The van der Waals surface area contributed by atoms with Gasteiger partial charge in [-0.25, -0.2) is 0 Å². The molecule has 0 atom stereocenters. The summed E-state index contributed by atoms with van der Waals surface area (Å²) in [6.45, 7) is 0. The van der Waals surface area contributed by atoms with Crippen molar-refractivity contribution in [3.63, 3.8) is 0 Å². The van der Waals surface area contributed by atoms with Gasteiger partial charge in [0.05, 0.1) is 0 Å². The van der Waals surface area contributed by atoms with Crippen LogP contribution in [0.4, 0.5) is 0 Å². The molecule has 0 amide bonds. The average molecular weight is 233 g/mol. The van der Waals surface area contributed by atoms with Crippen molar-refractivity contribution in [3.8, 4) is 0 Å². The Bertz CT molecular complexity index is 457. The Balaban J connectivity index is 0.00000144. The van der Waals surface area contributed by atoms with E-state index in [-0.39, 0.29) is 29.6 Å². The number of carbonyl (C=O) groups excluding carboxylic acids is 2. The first-order valence-electron chi connectivity index (χ1n) is 4.98. The fourth-order valence-electron chi connectivity index (χ4n) is 1.44. The molecule has 0 aliphatic carbocycles. The summed E-state index contributed by atoms with van der Waals surface area (Å²) in [6.07, 6.45) is 0. The number of ketones is 2. The van der Waals surface area contributed by atoms with Crippen LogP contribution < -0.4 is 0 Å². The van der Waals surface area contributed by atoms with Crippen LogP contribution in [0.15, 0.2) is 60.7 Å². The van der Waals surface area contributed by atoms with Crippen molar-refractivity contribution >= 4 is 41.1 Å². The maximum atomic E-state index is 11.8. The van der Waals surface area contributed by atoms with Crippen molar-refractivity contribution in [1.82, 2.24) is 0 Å². The smallest absolute Gasteiger partial charge is 0.233 e. The topological polar surface area (TPSA) is 34.1 Å². The van der Waals surface area contributed by atoms with E-state index in [9.17, 15) is 9.59 Å². The standard InChI is InChI=1S/C14H10O2.Na/c15-13(11-7-3-1-4-8-11)14(16)12-9-5-2-6-10-12;/h1-10H;. The van der Waals surface area contributed by atoms with E-state index >= 15 is 0 Å². The third-order valence-electron chi connectivity index (χ3n) is 2.28. The Morgan fingerprint density at radius 2 is 0.882 bits per heavy atom. The fourth-order valence-corrected chi connectivity index (χ4v) is 1.44. The molecule has 0 saturated carbocycles. The zero-order chi connectivity index (χ0) is 11.4. The molecular formula is C14H10NaO2. The summed E-state index contributed by atoms with van der Waals surface area (Å²) < 4.78 is 0. The van der Waals surface area contributed by atoms with Gasteiger partial charge in [-0.1, -0.05) is 60.7 Å². The largest absolute Gasteiger partial charge is 0.285 e. The average Bonchev–Trinajstić information content (AvgIpc) is 2.39. The van der Waals surface area contributed by atoms with Gasteiger partial charge in [0.15, 0.2) is 0 Å². The summed E-state index contributed by atoms with van der Waals surface area (Å²) in [5.74, 6) is -0.932. The van der Waals surface area contributed by atoms with Gasteiger partial charge < -0.3 is 0 Å². The number of benzene rings is 2. The molecule has 2 rings (SSSR count). The Hall–Kier alpha value is -1.22. The van der Waals surface area contributed by atoms with Gasteiger partial charge in [0.25, 0.3) is 0 Å². The van der Waals surface area contributed by atoms with Crippen molar-refractivity contribution in [2.45, 2.75) is 0 Å². The molecule has 1 radical (unpaired) electrons. The van der Waals surface area contributed by atoms with E-state index in [4.69, 9.17) is 0 Å². The van der Waals surface area contributed by atoms with Gasteiger partial charge in [-0.2, -0.15) is 0 Å². The second kappa shape index (κ2) is 6.50. The minimum absolute atomic E-state index is 0. The molecule has 0 spiro atoms. The predicted octanol–water partition coefficient (Wildman–Crippen LogP) is 2.37. The zero-order valence-corrected chi connectivity index (χ0v) is 11.6. The predicted molar refractivity (Wildman–Crippen MR) is 67.3 cm³/mol. The second-order valence-electron chi connectivity index (χ2n) is 3.39. The Labute approximate surface area is 122 Å². The normalized spacial score (nSPS) is 9.18. The quantitative estimate of drug-likeness (QED) is 0.463. The summed E-state index contributed by atoms with van der Waals surface area (Å²) in [5.41, 5.74) is 0.854. The summed E-state index contributed by atoms with van der Waals surface area (Å²) in [5, 5.41) is 0. The molecule has 2 aromatic rings. The molecule has 0 unspecified atom stereocenters. The summed E-state index contributed by atoms with van der Waals surface area (Å²) in [6, 6.07) is 17.2. The van der Waals surface area contributed by atoms with Gasteiger partial charge in [0.1, 0.15) is 0 Å². The molecule has 0 bridgehead atoms. The molecule has 79 valence electrons. The molecule has 0 aliphatic heterocycles. The van der Waals surface area contributed by atoms with E-state index in [0.29, 0.717) is 11.1 Å². The van der Waals surface area contributed by atoms with Crippen LogP contribution in [0.3, 0.4) is 0 Å². The molecular weight excluding hydrogens is 223 g/mol. The van der Waals surface area contributed by atoms with Crippen molar-refractivity contribution < 1.29 is 9.59 Å². The molecule has 0 N–H and O–H groups in total. The molecule has 3 heteroatoms. The molecule has 2 nitrogen and oxygen atoms in total. The zero-order valence-electron chi connectivity index (χ0n) is 9.59. The monoisotopic (exact) mass is 233 g/mol. The summed E-state index contributed by atoms with van der Waals surface area (Å²) in [7, 11) is 0. The van der Waals surface area contributed by atoms with Crippen LogP contribution in [-0.4, -0.2) is 41.1 Å². The minimum Gasteiger partial charge on any atom is -0.285 e. The minimum atomic E-state index is -0.466. The maximum Gasteiger partial charge on any atom is 0.233 e. The van der Waals surface area contributed by atoms with Crippen LogP contribution in [0, 0.1) is 0 Å². The van der Waals surface area contributed by atoms with Crippen LogP contribution in [0.1, 0.15) is 20.7 Å². The van der Waals surface area contributed by atoms with E-state index in [1.54, 1.807) is 48.5 Å². The first kappa shape index (κ1) is 13.8. The summed E-state index contributed by atoms with van der Waals surface area (Å²) in [4.78, 5) is 23.6. The number of rotatable bonds is 3.